The van der Waals surface area contributed by atoms with E-state index in [0.717, 1.165) is 6.54 Å². The van der Waals surface area contributed by atoms with E-state index in [1.165, 1.54) is 37.8 Å². The van der Waals surface area contributed by atoms with E-state index in [2.05, 4.69) is 0 Å². The lowest BCUT2D eigenvalue weighted by atomic mass is 10.1. The number of benzene rings is 1. The maximum Gasteiger partial charge on any atom is 0.255 e. The van der Waals surface area contributed by atoms with Gasteiger partial charge in [0.05, 0.1) is 11.3 Å². The van der Waals surface area contributed by atoms with Crippen LogP contribution >= 0.6 is 0 Å². The standard InChI is InChI=1S/C14H19FN2O/c1-17(9-10-5-2-3-6-10)14(18)11-7-4-8-12(15)13(11)16/h4,7-8,10H,2-3,5-6,9,16H2,1H3. The number of hydrogen-bond donors (Lipinski definition) is 1. The van der Waals surface area contributed by atoms with Crippen LogP contribution in [-0.4, -0.2) is 24.4 Å². The minimum Gasteiger partial charge on any atom is -0.396 e. The molecule has 0 aromatic heterocycles. The quantitative estimate of drug-likeness (QED) is 0.838. The average molecular weight is 250 g/mol. The Bertz CT molecular complexity index is 441. The molecule has 0 heterocycles. The number of nitrogens with zero attached hydrogens (tertiary/aromatic N) is 1. The fraction of sp³-hybridized carbons (Fsp3) is 0.500. The van der Waals surface area contributed by atoms with Crippen molar-refractivity contribution in [2.45, 2.75) is 25.7 Å². The number of amides is 1. The lowest BCUT2D eigenvalue weighted by Crippen LogP contribution is -2.31. The predicted octanol–water partition coefficient (Wildman–Crippen LogP) is 2.67. The number of halogens is 1. The van der Waals surface area contributed by atoms with Crippen LogP contribution in [0.25, 0.3) is 0 Å². The van der Waals surface area contributed by atoms with E-state index in [1.54, 1.807) is 18.0 Å². The van der Waals surface area contributed by atoms with E-state index in [4.69, 9.17) is 5.73 Å². The minimum atomic E-state index is -0.532. The molecular weight excluding hydrogens is 231 g/mol. The summed E-state index contributed by atoms with van der Waals surface area (Å²) in [5.74, 6) is -0.150. The van der Waals surface area contributed by atoms with Crippen molar-refractivity contribution >= 4 is 11.6 Å². The Labute approximate surface area is 107 Å². The van der Waals surface area contributed by atoms with Crippen molar-refractivity contribution in [1.82, 2.24) is 4.90 Å². The van der Waals surface area contributed by atoms with E-state index in [1.807, 2.05) is 0 Å². The fourth-order valence-electron chi connectivity index (χ4n) is 2.59. The second kappa shape index (κ2) is 5.38. The molecular formula is C14H19FN2O. The second-order valence-electron chi connectivity index (χ2n) is 5.04. The molecule has 0 saturated heterocycles. The molecule has 0 atom stereocenters. The van der Waals surface area contributed by atoms with Gasteiger partial charge in [-0.25, -0.2) is 4.39 Å². The second-order valence-corrected chi connectivity index (χ2v) is 5.04. The summed E-state index contributed by atoms with van der Waals surface area (Å²) in [6, 6.07) is 4.36. The van der Waals surface area contributed by atoms with Gasteiger partial charge in [-0.2, -0.15) is 0 Å². The Morgan fingerprint density at radius 1 is 1.44 bits per heavy atom. The monoisotopic (exact) mass is 250 g/mol. The van der Waals surface area contributed by atoms with Gasteiger partial charge >= 0.3 is 0 Å². The summed E-state index contributed by atoms with van der Waals surface area (Å²) in [5.41, 5.74) is 5.81. The van der Waals surface area contributed by atoms with Gasteiger partial charge in [-0.15, -0.1) is 0 Å². The molecule has 1 amide bonds. The van der Waals surface area contributed by atoms with Gasteiger partial charge in [0.2, 0.25) is 0 Å². The number of rotatable bonds is 3. The number of carbonyl (C=O) groups is 1. The van der Waals surface area contributed by atoms with E-state index in [9.17, 15) is 9.18 Å². The first-order chi connectivity index (χ1) is 8.59. The normalized spacial score (nSPS) is 15.9. The zero-order chi connectivity index (χ0) is 13.1. The van der Waals surface area contributed by atoms with Gasteiger partial charge in [0.15, 0.2) is 0 Å². The van der Waals surface area contributed by atoms with Crippen LogP contribution < -0.4 is 5.73 Å². The molecule has 2 rings (SSSR count). The molecule has 1 fully saturated rings. The third kappa shape index (κ3) is 2.63. The topological polar surface area (TPSA) is 46.3 Å². The summed E-state index contributed by atoms with van der Waals surface area (Å²) in [7, 11) is 1.75. The Morgan fingerprint density at radius 3 is 2.78 bits per heavy atom. The number of nitrogens with two attached hydrogens (primary N) is 1. The van der Waals surface area contributed by atoms with Crippen LogP contribution in [0, 0.1) is 11.7 Å². The lowest BCUT2D eigenvalue weighted by molar-refractivity contribution is 0.0774. The number of para-hydroxylation sites is 1. The summed E-state index contributed by atoms with van der Waals surface area (Å²) in [5, 5.41) is 0. The Kier molecular flexibility index (Phi) is 3.84. The number of hydrogen-bond acceptors (Lipinski definition) is 2. The van der Waals surface area contributed by atoms with E-state index in [0.29, 0.717) is 5.92 Å². The number of carbonyl (C=O) groups excluding carboxylic acids is 1. The molecule has 2 N–H and O–H groups in total. The van der Waals surface area contributed by atoms with Crippen LogP contribution in [0.2, 0.25) is 0 Å². The Hall–Kier alpha value is -1.58. The average Bonchev–Trinajstić information content (AvgIpc) is 2.84. The van der Waals surface area contributed by atoms with Crippen LogP contribution in [-0.2, 0) is 0 Å². The highest BCUT2D eigenvalue weighted by Crippen LogP contribution is 2.26. The fourth-order valence-corrected chi connectivity index (χ4v) is 2.59. The first-order valence-corrected chi connectivity index (χ1v) is 6.39. The SMILES string of the molecule is CN(CC1CCCC1)C(=O)c1cccc(F)c1N. The lowest BCUT2D eigenvalue weighted by Gasteiger charge is -2.21. The first-order valence-electron chi connectivity index (χ1n) is 6.39. The molecule has 1 aliphatic carbocycles. The van der Waals surface area contributed by atoms with Crippen LogP contribution in [0.1, 0.15) is 36.0 Å². The van der Waals surface area contributed by atoms with E-state index < -0.39 is 5.82 Å². The molecule has 1 aromatic carbocycles. The molecule has 0 spiro atoms. The molecule has 0 aliphatic heterocycles. The first kappa shape index (κ1) is 12.9. The summed E-state index contributed by atoms with van der Waals surface area (Å²) in [6.45, 7) is 0.731. The molecule has 18 heavy (non-hydrogen) atoms. The van der Waals surface area contributed by atoms with Crippen molar-refractivity contribution < 1.29 is 9.18 Å². The van der Waals surface area contributed by atoms with Gasteiger partial charge in [0, 0.05) is 13.6 Å². The van der Waals surface area contributed by atoms with Gasteiger partial charge in [-0.3, -0.25) is 4.79 Å². The largest absolute Gasteiger partial charge is 0.396 e. The van der Waals surface area contributed by atoms with Crippen molar-refractivity contribution in [1.29, 1.82) is 0 Å². The Balaban J connectivity index is 2.07. The van der Waals surface area contributed by atoms with E-state index >= 15 is 0 Å². The van der Waals surface area contributed by atoms with Crippen molar-refractivity contribution in [3.05, 3.63) is 29.6 Å². The van der Waals surface area contributed by atoms with Gasteiger partial charge < -0.3 is 10.6 Å². The minimum absolute atomic E-state index is 0.0548. The van der Waals surface area contributed by atoms with Crippen molar-refractivity contribution in [2.24, 2.45) is 5.92 Å². The third-order valence-electron chi connectivity index (χ3n) is 3.64. The summed E-state index contributed by atoms with van der Waals surface area (Å²) in [6.07, 6.45) is 4.84. The zero-order valence-electron chi connectivity index (χ0n) is 10.7. The van der Waals surface area contributed by atoms with Crippen molar-refractivity contribution in [3.63, 3.8) is 0 Å². The van der Waals surface area contributed by atoms with Gasteiger partial charge in [0.25, 0.3) is 5.91 Å². The molecule has 1 aliphatic rings. The molecule has 1 aromatic rings. The molecule has 4 heteroatoms. The highest BCUT2D eigenvalue weighted by Gasteiger charge is 2.21. The number of nitrogen functional groups attached to an aromatic ring is 1. The van der Waals surface area contributed by atoms with Crippen LogP contribution in [0.15, 0.2) is 18.2 Å². The highest BCUT2D eigenvalue weighted by molar-refractivity contribution is 5.99. The van der Waals surface area contributed by atoms with Gasteiger partial charge in [-0.05, 0) is 30.9 Å². The molecule has 1 saturated carbocycles. The summed E-state index contributed by atoms with van der Waals surface area (Å²) >= 11 is 0. The van der Waals surface area contributed by atoms with Gasteiger partial charge in [-0.1, -0.05) is 18.9 Å². The predicted molar refractivity (Wildman–Crippen MR) is 69.7 cm³/mol. The molecule has 3 nitrogen and oxygen atoms in total. The number of anilines is 1. The van der Waals surface area contributed by atoms with E-state index in [-0.39, 0.29) is 17.2 Å². The highest BCUT2D eigenvalue weighted by atomic mass is 19.1. The van der Waals surface area contributed by atoms with Crippen LogP contribution in [0.3, 0.4) is 0 Å². The van der Waals surface area contributed by atoms with Gasteiger partial charge in [0.1, 0.15) is 5.82 Å². The molecule has 0 bridgehead atoms. The zero-order valence-corrected chi connectivity index (χ0v) is 10.7. The molecule has 0 radical (unpaired) electrons. The molecule has 98 valence electrons. The maximum absolute atomic E-state index is 13.3. The van der Waals surface area contributed by atoms with Crippen LogP contribution in [0.5, 0.6) is 0 Å². The maximum atomic E-state index is 13.3. The Morgan fingerprint density at radius 2 is 2.11 bits per heavy atom. The summed E-state index contributed by atoms with van der Waals surface area (Å²) < 4.78 is 13.3. The summed E-state index contributed by atoms with van der Waals surface area (Å²) in [4.78, 5) is 13.8. The van der Waals surface area contributed by atoms with Crippen molar-refractivity contribution in [3.8, 4) is 0 Å². The third-order valence-corrected chi connectivity index (χ3v) is 3.64. The van der Waals surface area contributed by atoms with Crippen LogP contribution in [0.4, 0.5) is 10.1 Å². The smallest absolute Gasteiger partial charge is 0.255 e. The molecule has 0 unspecified atom stereocenters. The van der Waals surface area contributed by atoms with Crippen molar-refractivity contribution in [2.75, 3.05) is 19.3 Å².